The summed E-state index contributed by atoms with van der Waals surface area (Å²) >= 11 is 12.0. The van der Waals surface area contributed by atoms with Crippen LogP contribution in [0.5, 0.6) is 0 Å². The Balaban J connectivity index is 2.18. The van der Waals surface area contributed by atoms with Crippen molar-refractivity contribution in [3.63, 3.8) is 0 Å². The van der Waals surface area contributed by atoms with Gasteiger partial charge in [-0.15, -0.1) is 0 Å². The Bertz CT molecular complexity index is 867. The predicted molar refractivity (Wildman–Crippen MR) is 96.6 cm³/mol. The fraction of sp³-hybridized carbons (Fsp3) is 0.188. The van der Waals surface area contributed by atoms with Crippen LogP contribution in [-0.4, -0.2) is 39.1 Å². The van der Waals surface area contributed by atoms with Gasteiger partial charge < -0.3 is 5.32 Å². The number of sulfonamides is 1. The average molecular weight is 387 g/mol. The molecule has 0 bridgehead atoms. The van der Waals surface area contributed by atoms with Gasteiger partial charge in [-0.1, -0.05) is 41.4 Å². The molecule has 0 spiro atoms. The van der Waals surface area contributed by atoms with Gasteiger partial charge in [0.2, 0.25) is 10.0 Å². The maximum atomic E-state index is 12.3. The number of nitrogens with one attached hydrogen (secondary N) is 1. The molecule has 24 heavy (non-hydrogen) atoms. The second-order valence-corrected chi connectivity index (χ2v) is 8.13. The van der Waals surface area contributed by atoms with Crippen molar-refractivity contribution >= 4 is 44.7 Å². The number of carbonyl (C=O) groups excluding carboxylic acids is 1. The van der Waals surface area contributed by atoms with Crippen LogP contribution in [0.4, 0.5) is 5.69 Å². The first kappa shape index (κ1) is 18.7. The number of halogens is 2. The SMILES string of the molecule is CN(C)S(=O)(=O)c1cccc(C(=O)CNc2cccc(Cl)c2Cl)c1. The van der Waals surface area contributed by atoms with Crippen molar-refractivity contribution in [1.29, 1.82) is 0 Å². The van der Waals surface area contributed by atoms with E-state index >= 15 is 0 Å². The van der Waals surface area contributed by atoms with E-state index in [1.807, 2.05) is 0 Å². The van der Waals surface area contributed by atoms with Crippen molar-refractivity contribution in [3.8, 4) is 0 Å². The number of Topliss-reactive ketones (excluding diaryl/α,β-unsaturated/α-hetero) is 1. The maximum Gasteiger partial charge on any atom is 0.242 e. The van der Waals surface area contributed by atoms with Crippen LogP contribution in [0.25, 0.3) is 0 Å². The highest BCUT2D eigenvalue weighted by molar-refractivity contribution is 7.89. The molecule has 0 heterocycles. The lowest BCUT2D eigenvalue weighted by Crippen LogP contribution is -2.22. The summed E-state index contributed by atoms with van der Waals surface area (Å²) in [6, 6.07) is 11.0. The van der Waals surface area contributed by atoms with Gasteiger partial charge in [0.05, 0.1) is 27.2 Å². The van der Waals surface area contributed by atoms with Crippen LogP contribution in [0.2, 0.25) is 10.0 Å². The predicted octanol–water partition coefficient (Wildman–Crippen LogP) is 3.54. The first-order chi connectivity index (χ1) is 11.2. The third-order valence-corrected chi connectivity index (χ3v) is 5.96. The minimum absolute atomic E-state index is 0.0362. The van der Waals surface area contributed by atoms with E-state index in [2.05, 4.69) is 5.32 Å². The molecular weight excluding hydrogens is 371 g/mol. The van der Waals surface area contributed by atoms with Crippen molar-refractivity contribution in [3.05, 3.63) is 58.1 Å². The van der Waals surface area contributed by atoms with Gasteiger partial charge >= 0.3 is 0 Å². The van der Waals surface area contributed by atoms with E-state index in [9.17, 15) is 13.2 Å². The summed E-state index contributed by atoms with van der Waals surface area (Å²) < 4.78 is 25.4. The molecule has 0 aliphatic carbocycles. The van der Waals surface area contributed by atoms with Crippen LogP contribution in [-0.2, 0) is 10.0 Å². The molecule has 0 aliphatic rings. The normalized spacial score (nSPS) is 11.5. The minimum Gasteiger partial charge on any atom is -0.376 e. The van der Waals surface area contributed by atoms with Crippen LogP contribution in [0, 0.1) is 0 Å². The Hall–Kier alpha value is -1.60. The molecule has 0 fully saturated rings. The van der Waals surface area contributed by atoms with Gasteiger partial charge in [0.15, 0.2) is 5.78 Å². The number of ketones is 1. The molecule has 0 amide bonds. The summed E-state index contributed by atoms with van der Waals surface area (Å²) in [4.78, 5) is 12.4. The van der Waals surface area contributed by atoms with Crippen molar-refractivity contribution in [2.45, 2.75) is 4.90 Å². The van der Waals surface area contributed by atoms with E-state index in [0.717, 1.165) is 4.31 Å². The summed E-state index contributed by atoms with van der Waals surface area (Å²) in [5, 5.41) is 3.62. The highest BCUT2D eigenvalue weighted by atomic mass is 35.5. The Morgan fingerprint density at radius 2 is 1.79 bits per heavy atom. The Kier molecular flexibility index (Phi) is 5.87. The molecule has 128 valence electrons. The second kappa shape index (κ2) is 7.53. The first-order valence-electron chi connectivity index (χ1n) is 6.97. The lowest BCUT2D eigenvalue weighted by atomic mass is 10.1. The van der Waals surface area contributed by atoms with E-state index in [4.69, 9.17) is 23.2 Å². The quantitative estimate of drug-likeness (QED) is 0.770. The highest BCUT2D eigenvalue weighted by Gasteiger charge is 2.18. The van der Waals surface area contributed by atoms with E-state index in [1.54, 1.807) is 24.3 Å². The van der Waals surface area contributed by atoms with Crippen molar-refractivity contribution in [1.82, 2.24) is 4.31 Å². The Morgan fingerprint density at radius 3 is 2.46 bits per heavy atom. The molecule has 5 nitrogen and oxygen atoms in total. The molecule has 0 atom stereocenters. The number of benzene rings is 2. The van der Waals surface area contributed by atoms with Crippen LogP contribution in [0.15, 0.2) is 47.4 Å². The third-order valence-electron chi connectivity index (χ3n) is 3.33. The van der Waals surface area contributed by atoms with Gasteiger partial charge in [-0.2, -0.15) is 0 Å². The largest absolute Gasteiger partial charge is 0.376 e. The smallest absolute Gasteiger partial charge is 0.242 e. The lowest BCUT2D eigenvalue weighted by molar-refractivity contribution is 0.101. The van der Waals surface area contributed by atoms with Gasteiger partial charge in [-0.05, 0) is 24.3 Å². The monoisotopic (exact) mass is 386 g/mol. The molecule has 2 aromatic rings. The molecule has 0 unspecified atom stereocenters. The average Bonchev–Trinajstić information content (AvgIpc) is 2.56. The molecule has 0 aliphatic heterocycles. The van der Waals surface area contributed by atoms with Crippen molar-refractivity contribution in [2.24, 2.45) is 0 Å². The maximum absolute atomic E-state index is 12.3. The molecule has 8 heteroatoms. The molecule has 2 aromatic carbocycles. The standard InChI is InChI=1S/C16H16Cl2N2O3S/c1-20(2)24(22,23)12-6-3-5-11(9-12)15(21)10-19-14-8-4-7-13(17)16(14)18/h3-9,19H,10H2,1-2H3. The minimum atomic E-state index is -3.59. The number of hydrogen-bond donors (Lipinski definition) is 1. The van der Waals surface area contributed by atoms with E-state index in [-0.39, 0.29) is 17.2 Å². The Labute approximate surface area is 151 Å². The van der Waals surface area contributed by atoms with E-state index in [0.29, 0.717) is 21.3 Å². The van der Waals surface area contributed by atoms with Gasteiger partial charge in [0.25, 0.3) is 0 Å². The highest BCUT2D eigenvalue weighted by Crippen LogP contribution is 2.29. The van der Waals surface area contributed by atoms with Crippen LogP contribution in [0.3, 0.4) is 0 Å². The zero-order chi connectivity index (χ0) is 17.9. The second-order valence-electron chi connectivity index (χ2n) is 5.19. The van der Waals surface area contributed by atoms with Crippen molar-refractivity contribution in [2.75, 3.05) is 26.0 Å². The van der Waals surface area contributed by atoms with Crippen LogP contribution < -0.4 is 5.32 Å². The summed E-state index contributed by atoms with van der Waals surface area (Å²) in [5.74, 6) is -0.262. The van der Waals surface area contributed by atoms with Crippen LogP contribution >= 0.6 is 23.2 Å². The topological polar surface area (TPSA) is 66.5 Å². The molecule has 0 radical (unpaired) electrons. The van der Waals surface area contributed by atoms with Crippen molar-refractivity contribution < 1.29 is 13.2 Å². The molecule has 0 aromatic heterocycles. The molecule has 0 saturated heterocycles. The van der Waals surface area contributed by atoms with E-state index in [1.165, 1.54) is 32.3 Å². The zero-order valence-corrected chi connectivity index (χ0v) is 15.4. The summed E-state index contributed by atoms with van der Waals surface area (Å²) in [7, 11) is -0.716. The summed E-state index contributed by atoms with van der Waals surface area (Å²) in [6.07, 6.45) is 0. The number of nitrogens with zero attached hydrogens (tertiary/aromatic N) is 1. The fourth-order valence-corrected chi connectivity index (χ4v) is 3.27. The molecule has 2 rings (SSSR count). The number of carbonyl (C=O) groups is 1. The van der Waals surface area contributed by atoms with Crippen LogP contribution in [0.1, 0.15) is 10.4 Å². The number of anilines is 1. The summed E-state index contributed by atoms with van der Waals surface area (Å²) in [6.45, 7) is -0.0362. The fourth-order valence-electron chi connectivity index (χ4n) is 1.96. The molecular formula is C16H16Cl2N2O3S. The number of rotatable bonds is 6. The van der Waals surface area contributed by atoms with Gasteiger partial charge in [0.1, 0.15) is 0 Å². The Morgan fingerprint density at radius 1 is 1.12 bits per heavy atom. The van der Waals surface area contributed by atoms with E-state index < -0.39 is 10.0 Å². The third kappa shape index (κ3) is 4.08. The molecule has 1 N–H and O–H groups in total. The zero-order valence-electron chi connectivity index (χ0n) is 13.1. The lowest BCUT2D eigenvalue weighted by Gasteiger charge is -2.12. The van der Waals surface area contributed by atoms with Gasteiger partial charge in [-0.3, -0.25) is 4.79 Å². The number of hydrogen-bond acceptors (Lipinski definition) is 4. The van der Waals surface area contributed by atoms with Gasteiger partial charge in [0, 0.05) is 19.7 Å². The van der Waals surface area contributed by atoms with Gasteiger partial charge in [-0.25, -0.2) is 12.7 Å². The molecule has 0 saturated carbocycles. The summed E-state index contributed by atoms with van der Waals surface area (Å²) in [5.41, 5.74) is 0.832. The first-order valence-corrected chi connectivity index (χ1v) is 9.17.